The van der Waals surface area contributed by atoms with Gasteiger partial charge in [0.25, 0.3) is 5.91 Å². The maximum atomic E-state index is 12.7. The maximum absolute atomic E-state index is 12.7. The molecule has 0 saturated carbocycles. The van der Waals surface area contributed by atoms with Gasteiger partial charge in [0.15, 0.2) is 6.54 Å². The van der Waals surface area contributed by atoms with Crippen molar-refractivity contribution in [2.75, 3.05) is 19.7 Å². The Balaban J connectivity index is 1.60. The van der Waals surface area contributed by atoms with Crippen LogP contribution in [0, 0.1) is 5.82 Å². The minimum atomic E-state index is -0.264. The van der Waals surface area contributed by atoms with E-state index >= 15 is 0 Å². The second-order valence-corrected chi connectivity index (χ2v) is 4.77. The zero-order valence-corrected chi connectivity index (χ0v) is 10.9. The highest BCUT2D eigenvalue weighted by Gasteiger charge is 2.17. The summed E-state index contributed by atoms with van der Waals surface area (Å²) in [5.74, 6) is -0.276. The van der Waals surface area contributed by atoms with Crippen LogP contribution in [0.25, 0.3) is 0 Å². The number of carbonyl (C=O) groups excluding carboxylic acids is 1. The lowest BCUT2D eigenvalue weighted by Gasteiger charge is -2.08. The maximum Gasteiger partial charge on any atom is 0.275 e. The third-order valence-corrected chi connectivity index (χ3v) is 3.19. The fraction of sp³-hybridized carbons (Fsp3) is 0.500. The lowest BCUT2D eigenvalue weighted by atomic mass is 10.2. The Hall–Kier alpha value is -1.46. The van der Waals surface area contributed by atoms with Gasteiger partial charge < -0.3 is 15.4 Å². The van der Waals surface area contributed by atoms with Crippen LogP contribution in [0.3, 0.4) is 0 Å². The van der Waals surface area contributed by atoms with Crippen molar-refractivity contribution in [3.63, 3.8) is 0 Å². The van der Waals surface area contributed by atoms with E-state index < -0.39 is 0 Å². The summed E-state index contributed by atoms with van der Waals surface area (Å²) in [4.78, 5) is 11.6. The second kappa shape index (κ2) is 7.21. The van der Waals surface area contributed by atoms with Crippen molar-refractivity contribution in [2.45, 2.75) is 25.5 Å². The average molecular weight is 267 g/mol. The second-order valence-electron chi connectivity index (χ2n) is 4.77. The SMILES string of the molecule is O=C(C[NH2+]C[C@@H]1CCCO1)NCc1ccc(F)cc1. The number of hydrogen-bond donors (Lipinski definition) is 2. The van der Waals surface area contributed by atoms with Crippen LogP contribution in [-0.4, -0.2) is 31.7 Å². The molecule has 1 fully saturated rings. The first-order valence-corrected chi connectivity index (χ1v) is 6.68. The van der Waals surface area contributed by atoms with Crippen molar-refractivity contribution >= 4 is 5.91 Å². The smallest absolute Gasteiger partial charge is 0.275 e. The van der Waals surface area contributed by atoms with E-state index in [0.717, 1.165) is 31.6 Å². The van der Waals surface area contributed by atoms with Crippen LogP contribution >= 0.6 is 0 Å². The molecule has 19 heavy (non-hydrogen) atoms. The molecule has 0 unspecified atom stereocenters. The number of rotatable bonds is 6. The summed E-state index contributed by atoms with van der Waals surface area (Å²) in [6.45, 7) is 2.52. The summed E-state index contributed by atoms with van der Waals surface area (Å²) < 4.78 is 18.2. The number of carbonyl (C=O) groups is 1. The number of halogens is 1. The number of quaternary nitrogens is 1. The van der Waals surface area contributed by atoms with E-state index in [1.807, 2.05) is 5.32 Å². The quantitative estimate of drug-likeness (QED) is 0.773. The molecule has 1 aliphatic rings. The van der Waals surface area contributed by atoms with Crippen LogP contribution in [0.4, 0.5) is 4.39 Å². The van der Waals surface area contributed by atoms with Gasteiger partial charge in [0.05, 0.1) is 0 Å². The summed E-state index contributed by atoms with van der Waals surface area (Å²) in [6.07, 6.45) is 2.51. The molecule has 0 aromatic heterocycles. The van der Waals surface area contributed by atoms with Crippen LogP contribution in [0.5, 0.6) is 0 Å². The molecule has 0 radical (unpaired) electrons. The Bertz CT molecular complexity index is 402. The van der Waals surface area contributed by atoms with Gasteiger partial charge in [-0.15, -0.1) is 0 Å². The first-order valence-electron chi connectivity index (χ1n) is 6.68. The van der Waals surface area contributed by atoms with Crippen LogP contribution in [0.2, 0.25) is 0 Å². The monoisotopic (exact) mass is 267 g/mol. The first-order chi connectivity index (χ1) is 9.24. The van der Waals surface area contributed by atoms with E-state index in [4.69, 9.17) is 4.74 Å². The van der Waals surface area contributed by atoms with Gasteiger partial charge in [-0.25, -0.2) is 4.39 Å². The largest absolute Gasteiger partial charge is 0.372 e. The molecule has 1 amide bonds. The molecule has 0 aliphatic carbocycles. The molecule has 4 nitrogen and oxygen atoms in total. The Labute approximate surface area is 112 Å². The van der Waals surface area contributed by atoms with Gasteiger partial charge >= 0.3 is 0 Å². The third-order valence-electron chi connectivity index (χ3n) is 3.19. The van der Waals surface area contributed by atoms with Gasteiger partial charge in [-0.1, -0.05) is 12.1 Å². The minimum absolute atomic E-state index is 0.0117. The summed E-state index contributed by atoms with van der Waals surface area (Å²) in [5, 5.41) is 4.78. The predicted octanol–water partition coefficient (Wildman–Crippen LogP) is 0.184. The Morgan fingerprint density at radius 2 is 2.21 bits per heavy atom. The zero-order valence-electron chi connectivity index (χ0n) is 10.9. The molecular formula is C14H20FN2O2+. The molecule has 1 saturated heterocycles. The molecule has 2 rings (SSSR count). The molecule has 1 aliphatic heterocycles. The average Bonchev–Trinajstić information content (AvgIpc) is 2.91. The topological polar surface area (TPSA) is 54.9 Å². The molecule has 0 spiro atoms. The van der Waals surface area contributed by atoms with Gasteiger partial charge in [0.2, 0.25) is 0 Å². The lowest BCUT2D eigenvalue weighted by Crippen LogP contribution is -2.88. The number of amides is 1. The van der Waals surface area contributed by atoms with Gasteiger partial charge in [0.1, 0.15) is 18.5 Å². The van der Waals surface area contributed by atoms with Crippen molar-refractivity contribution in [2.24, 2.45) is 0 Å². The number of benzene rings is 1. The zero-order chi connectivity index (χ0) is 13.5. The molecule has 3 N–H and O–H groups in total. The predicted molar refractivity (Wildman–Crippen MR) is 68.9 cm³/mol. The number of ether oxygens (including phenoxy) is 1. The van der Waals surface area contributed by atoms with Crippen molar-refractivity contribution in [3.8, 4) is 0 Å². The van der Waals surface area contributed by atoms with Crippen molar-refractivity contribution in [1.82, 2.24) is 5.32 Å². The highest BCUT2D eigenvalue weighted by Crippen LogP contribution is 2.09. The first kappa shape index (κ1) is 14.0. The van der Waals surface area contributed by atoms with Gasteiger partial charge in [-0.2, -0.15) is 0 Å². The van der Waals surface area contributed by atoms with E-state index in [-0.39, 0.29) is 11.7 Å². The molecular weight excluding hydrogens is 247 g/mol. The van der Waals surface area contributed by atoms with E-state index in [2.05, 4.69) is 5.32 Å². The highest BCUT2D eigenvalue weighted by atomic mass is 19.1. The number of nitrogens with two attached hydrogens (primary N) is 1. The Kier molecular flexibility index (Phi) is 5.30. The number of hydrogen-bond acceptors (Lipinski definition) is 2. The molecule has 1 aromatic rings. The van der Waals surface area contributed by atoms with Gasteiger partial charge in [-0.05, 0) is 30.5 Å². The summed E-state index contributed by atoms with van der Waals surface area (Å²) in [5.41, 5.74) is 0.897. The standard InChI is InChI=1S/C14H19FN2O2/c15-12-5-3-11(4-6-12)8-17-14(18)10-16-9-13-2-1-7-19-13/h3-6,13,16H,1-2,7-10H2,(H,17,18)/p+1/t13-/m0/s1. The van der Waals surface area contributed by atoms with E-state index in [9.17, 15) is 9.18 Å². The van der Waals surface area contributed by atoms with Crippen LogP contribution in [0.1, 0.15) is 18.4 Å². The van der Waals surface area contributed by atoms with Gasteiger partial charge in [0, 0.05) is 13.2 Å². The molecule has 1 aromatic carbocycles. The van der Waals surface area contributed by atoms with Crippen LogP contribution < -0.4 is 10.6 Å². The van der Waals surface area contributed by atoms with Crippen molar-refractivity contribution in [1.29, 1.82) is 0 Å². The van der Waals surface area contributed by atoms with Crippen molar-refractivity contribution in [3.05, 3.63) is 35.6 Å². The van der Waals surface area contributed by atoms with Crippen LogP contribution in [-0.2, 0) is 16.1 Å². The third kappa shape index (κ3) is 4.96. The van der Waals surface area contributed by atoms with Crippen molar-refractivity contribution < 1.29 is 19.2 Å². The fourth-order valence-corrected chi connectivity index (χ4v) is 2.11. The lowest BCUT2D eigenvalue weighted by molar-refractivity contribution is -0.650. The van der Waals surface area contributed by atoms with Crippen LogP contribution in [0.15, 0.2) is 24.3 Å². The van der Waals surface area contributed by atoms with E-state index in [1.54, 1.807) is 12.1 Å². The highest BCUT2D eigenvalue weighted by molar-refractivity contribution is 5.76. The molecule has 5 heteroatoms. The van der Waals surface area contributed by atoms with Gasteiger partial charge in [-0.3, -0.25) is 4.79 Å². The summed E-state index contributed by atoms with van der Waals surface area (Å²) in [6, 6.07) is 6.13. The Morgan fingerprint density at radius 1 is 1.42 bits per heavy atom. The molecule has 104 valence electrons. The normalized spacial score (nSPS) is 18.5. The number of nitrogens with one attached hydrogen (secondary N) is 1. The van der Waals surface area contributed by atoms with E-state index in [1.165, 1.54) is 12.1 Å². The summed E-state index contributed by atoms with van der Waals surface area (Å²) in [7, 11) is 0. The minimum Gasteiger partial charge on any atom is -0.372 e. The Morgan fingerprint density at radius 3 is 2.89 bits per heavy atom. The fourth-order valence-electron chi connectivity index (χ4n) is 2.11. The van der Waals surface area contributed by atoms with E-state index in [0.29, 0.717) is 19.2 Å². The molecule has 0 bridgehead atoms. The summed E-state index contributed by atoms with van der Waals surface area (Å²) >= 11 is 0. The molecule has 1 atom stereocenters. The molecule has 1 heterocycles.